The third kappa shape index (κ3) is 5.07. The number of aromatic nitrogens is 2. The number of thioether (sulfide) groups is 1. The number of nitrogens with one attached hydrogen (secondary N) is 1. The van der Waals surface area contributed by atoms with Crippen molar-refractivity contribution in [2.75, 3.05) is 19.4 Å². The van der Waals surface area contributed by atoms with Crippen LogP contribution in [0.3, 0.4) is 0 Å². The molecule has 8 nitrogen and oxygen atoms in total. The van der Waals surface area contributed by atoms with E-state index in [1.54, 1.807) is 19.1 Å². The first kappa shape index (κ1) is 22.0. The monoisotopic (exact) mass is 446 g/mol. The van der Waals surface area contributed by atoms with Crippen LogP contribution in [0.25, 0.3) is 11.5 Å². The Balaban J connectivity index is 1.66. The van der Waals surface area contributed by atoms with E-state index in [0.717, 1.165) is 27.2 Å². The van der Waals surface area contributed by atoms with Crippen LogP contribution in [0.4, 0.5) is 5.69 Å². The summed E-state index contributed by atoms with van der Waals surface area (Å²) >= 11 is 1.13. The molecule has 3 aromatic rings. The van der Waals surface area contributed by atoms with Crippen molar-refractivity contribution in [2.24, 2.45) is 0 Å². The maximum Gasteiger partial charge on any atom is 0.277 e. The van der Waals surface area contributed by atoms with E-state index < -0.39 is 15.3 Å². The molecule has 0 bridgehead atoms. The molecular weight excluding hydrogens is 424 g/mol. The van der Waals surface area contributed by atoms with Gasteiger partial charge in [-0.1, -0.05) is 35.5 Å². The Kier molecular flexibility index (Phi) is 6.59. The number of carbonyl (C=O) groups is 1. The van der Waals surface area contributed by atoms with E-state index in [-0.39, 0.29) is 16.0 Å². The molecular formula is C20H22N4O4S2. The molecule has 1 aromatic heterocycles. The van der Waals surface area contributed by atoms with Crippen molar-refractivity contribution in [2.45, 2.75) is 29.2 Å². The number of sulfonamides is 1. The molecule has 158 valence electrons. The molecule has 30 heavy (non-hydrogen) atoms. The summed E-state index contributed by atoms with van der Waals surface area (Å²) < 4.78 is 31.3. The number of carbonyl (C=O) groups excluding carboxylic acids is 1. The zero-order chi connectivity index (χ0) is 21.9. The van der Waals surface area contributed by atoms with E-state index in [4.69, 9.17) is 4.42 Å². The maximum atomic E-state index is 12.5. The van der Waals surface area contributed by atoms with Gasteiger partial charge in [0.1, 0.15) is 0 Å². The highest BCUT2D eigenvalue weighted by molar-refractivity contribution is 8.00. The Morgan fingerprint density at radius 1 is 1.13 bits per heavy atom. The van der Waals surface area contributed by atoms with Crippen molar-refractivity contribution in [3.63, 3.8) is 0 Å². The minimum Gasteiger partial charge on any atom is -0.411 e. The summed E-state index contributed by atoms with van der Waals surface area (Å²) in [6.07, 6.45) is 0. The van der Waals surface area contributed by atoms with Gasteiger partial charge in [0.15, 0.2) is 0 Å². The number of hydrogen-bond acceptors (Lipinski definition) is 7. The molecule has 0 aliphatic carbocycles. The lowest BCUT2D eigenvalue weighted by Crippen LogP contribution is -2.24. The molecule has 0 radical (unpaired) electrons. The summed E-state index contributed by atoms with van der Waals surface area (Å²) in [6, 6.07) is 13.8. The summed E-state index contributed by atoms with van der Waals surface area (Å²) in [4.78, 5) is 12.6. The topological polar surface area (TPSA) is 105 Å². The normalized spacial score (nSPS) is 12.7. The van der Waals surface area contributed by atoms with E-state index in [0.29, 0.717) is 11.6 Å². The minimum absolute atomic E-state index is 0.102. The second-order valence-electron chi connectivity index (χ2n) is 6.80. The number of aryl methyl sites for hydroxylation is 1. The second-order valence-corrected chi connectivity index (χ2v) is 10.2. The van der Waals surface area contributed by atoms with Crippen LogP contribution in [0.15, 0.2) is 63.1 Å². The standard InChI is InChI=1S/C20H22N4O4S2/c1-13-8-10-15(11-9-13)19-22-23-20(28-19)29-14(2)18(25)21-16-6-5-7-17(12-16)30(26,27)24(3)4/h5-12,14H,1-4H3,(H,21,25). The van der Waals surface area contributed by atoms with Gasteiger partial charge in [0.25, 0.3) is 5.22 Å². The highest BCUT2D eigenvalue weighted by Gasteiger charge is 2.21. The number of anilines is 1. The summed E-state index contributed by atoms with van der Waals surface area (Å²) in [5, 5.41) is 10.5. The van der Waals surface area contributed by atoms with Crippen molar-refractivity contribution in [3.05, 3.63) is 54.1 Å². The van der Waals surface area contributed by atoms with Gasteiger partial charge < -0.3 is 9.73 Å². The quantitative estimate of drug-likeness (QED) is 0.554. The number of amides is 1. The summed E-state index contributed by atoms with van der Waals surface area (Å²) in [6.45, 7) is 3.70. The SMILES string of the molecule is Cc1ccc(-c2nnc(SC(C)C(=O)Nc3cccc(S(=O)(=O)N(C)C)c3)o2)cc1. The van der Waals surface area contributed by atoms with Gasteiger partial charge >= 0.3 is 0 Å². The zero-order valence-corrected chi connectivity index (χ0v) is 18.6. The highest BCUT2D eigenvalue weighted by Crippen LogP contribution is 2.27. The van der Waals surface area contributed by atoms with Crippen molar-refractivity contribution in [1.29, 1.82) is 0 Å². The molecule has 2 aromatic carbocycles. The molecule has 1 unspecified atom stereocenters. The van der Waals surface area contributed by atoms with Crippen LogP contribution in [0.2, 0.25) is 0 Å². The Labute approximate surface area is 179 Å². The Bertz CT molecular complexity index is 1140. The van der Waals surface area contributed by atoms with Crippen LogP contribution in [-0.4, -0.2) is 48.2 Å². The summed E-state index contributed by atoms with van der Waals surface area (Å²) in [5.74, 6) is 0.0705. The van der Waals surface area contributed by atoms with Crippen molar-refractivity contribution in [1.82, 2.24) is 14.5 Å². The molecule has 0 aliphatic heterocycles. The Morgan fingerprint density at radius 2 is 1.83 bits per heavy atom. The number of hydrogen-bond donors (Lipinski definition) is 1. The lowest BCUT2D eigenvalue weighted by molar-refractivity contribution is -0.115. The van der Waals surface area contributed by atoms with Crippen LogP contribution >= 0.6 is 11.8 Å². The molecule has 10 heteroatoms. The fourth-order valence-electron chi connectivity index (χ4n) is 2.46. The number of rotatable bonds is 7. The van der Waals surface area contributed by atoms with Gasteiger partial charge in [-0.2, -0.15) is 0 Å². The predicted molar refractivity (Wildman–Crippen MR) is 116 cm³/mol. The smallest absolute Gasteiger partial charge is 0.277 e. The van der Waals surface area contributed by atoms with Gasteiger partial charge in [0, 0.05) is 25.3 Å². The Hall–Kier alpha value is -2.69. The molecule has 1 amide bonds. The fraction of sp³-hybridized carbons (Fsp3) is 0.250. The first-order valence-corrected chi connectivity index (χ1v) is 11.4. The summed E-state index contributed by atoms with van der Waals surface area (Å²) in [7, 11) is -0.681. The molecule has 1 heterocycles. The van der Waals surface area contributed by atoms with E-state index >= 15 is 0 Å². The van der Waals surface area contributed by atoms with Gasteiger partial charge in [-0.05, 0) is 44.2 Å². The second kappa shape index (κ2) is 8.99. The van der Waals surface area contributed by atoms with Crippen LogP contribution in [0.5, 0.6) is 0 Å². The molecule has 0 saturated carbocycles. The first-order chi connectivity index (χ1) is 14.2. The number of benzene rings is 2. The molecule has 0 saturated heterocycles. The summed E-state index contributed by atoms with van der Waals surface area (Å²) in [5.41, 5.74) is 2.32. The van der Waals surface area contributed by atoms with E-state index in [2.05, 4.69) is 15.5 Å². The van der Waals surface area contributed by atoms with Crippen LogP contribution in [-0.2, 0) is 14.8 Å². The third-order valence-electron chi connectivity index (χ3n) is 4.23. The maximum absolute atomic E-state index is 12.5. The number of nitrogens with zero attached hydrogens (tertiary/aromatic N) is 3. The van der Waals surface area contributed by atoms with E-state index in [1.165, 1.54) is 26.2 Å². The van der Waals surface area contributed by atoms with Gasteiger partial charge in [-0.3, -0.25) is 4.79 Å². The van der Waals surface area contributed by atoms with E-state index in [1.807, 2.05) is 31.2 Å². The van der Waals surface area contributed by atoms with Crippen molar-refractivity contribution >= 4 is 33.4 Å². The molecule has 1 N–H and O–H groups in total. The molecule has 3 rings (SSSR count). The first-order valence-electron chi connectivity index (χ1n) is 9.07. The van der Waals surface area contributed by atoms with Crippen molar-refractivity contribution < 1.29 is 17.6 Å². The molecule has 0 spiro atoms. The van der Waals surface area contributed by atoms with Crippen LogP contribution < -0.4 is 5.32 Å². The Morgan fingerprint density at radius 3 is 2.50 bits per heavy atom. The van der Waals surface area contributed by atoms with Gasteiger partial charge in [-0.15, -0.1) is 10.2 Å². The minimum atomic E-state index is -3.59. The van der Waals surface area contributed by atoms with Crippen LogP contribution in [0, 0.1) is 6.92 Å². The molecule has 0 fully saturated rings. The average molecular weight is 447 g/mol. The van der Waals surface area contributed by atoms with Gasteiger partial charge in [0.2, 0.25) is 21.8 Å². The zero-order valence-electron chi connectivity index (χ0n) is 17.0. The molecule has 0 aliphatic rings. The predicted octanol–water partition coefficient (Wildman–Crippen LogP) is 3.41. The lowest BCUT2D eigenvalue weighted by atomic mass is 10.1. The van der Waals surface area contributed by atoms with E-state index in [9.17, 15) is 13.2 Å². The van der Waals surface area contributed by atoms with Crippen molar-refractivity contribution in [3.8, 4) is 11.5 Å². The van der Waals surface area contributed by atoms with Gasteiger partial charge in [-0.25, -0.2) is 12.7 Å². The van der Waals surface area contributed by atoms with Crippen LogP contribution in [0.1, 0.15) is 12.5 Å². The average Bonchev–Trinajstić information content (AvgIpc) is 3.17. The largest absolute Gasteiger partial charge is 0.411 e. The third-order valence-corrected chi connectivity index (χ3v) is 6.98. The fourth-order valence-corrected chi connectivity index (χ4v) is 4.10. The molecule has 1 atom stereocenters. The highest BCUT2D eigenvalue weighted by atomic mass is 32.2. The lowest BCUT2D eigenvalue weighted by Gasteiger charge is -2.14. The van der Waals surface area contributed by atoms with Gasteiger partial charge in [0.05, 0.1) is 10.1 Å².